The van der Waals surface area contributed by atoms with Gasteiger partial charge in [-0.15, -0.1) is 0 Å². The van der Waals surface area contributed by atoms with E-state index in [0.29, 0.717) is 9.49 Å². The predicted molar refractivity (Wildman–Crippen MR) is 134 cm³/mol. The summed E-state index contributed by atoms with van der Waals surface area (Å²) in [6.45, 7) is 15.0. The van der Waals surface area contributed by atoms with E-state index in [9.17, 15) is 0 Å². The van der Waals surface area contributed by atoms with Crippen LogP contribution in [0.2, 0.25) is 0 Å². The third kappa shape index (κ3) is 7.75. The molecule has 0 nitrogen and oxygen atoms in total. The maximum Gasteiger partial charge on any atom is 0.0134 e. The average molecular weight is 427 g/mol. The number of unbranched alkanes of at least 4 members (excludes halogenated alkanes) is 2. The molecule has 0 aromatic carbocycles. The molecule has 0 heterocycles. The third-order valence-electron chi connectivity index (χ3n) is 7.78. The zero-order chi connectivity index (χ0) is 20.6. The Labute approximate surface area is 186 Å². The van der Waals surface area contributed by atoms with E-state index in [1.807, 2.05) is 0 Å². The van der Waals surface area contributed by atoms with E-state index >= 15 is 0 Å². The topological polar surface area (TPSA) is 0 Å². The Balaban J connectivity index is 1.79. The van der Waals surface area contributed by atoms with Gasteiger partial charge in [-0.25, -0.2) is 0 Å². The summed E-state index contributed by atoms with van der Waals surface area (Å²) in [7, 11) is 0. The van der Waals surface area contributed by atoms with Crippen molar-refractivity contribution >= 4 is 23.5 Å². The highest BCUT2D eigenvalue weighted by Crippen LogP contribution is 2.49. The Morgan fingerprint density at radius 3 is 1.93 bits per heavy atom. The van der Waals surface area contributed by atoms with E-state index in [0.717, 1.165) is 22.3 Å². The van der Waals surface area contributed by atoms with Crippen LogP contribution >= 0.6 is 23.5 Å². The quantitative estimate of drug-likeness (QED) is 0.302. The molecule has 0 saturated heterocycles. The summed E-state index contributed by atoms with van der Waals surface area (Å²) >= 11 is 4.71. The molecule has 0 aliphatic heterocycles. The normalized spacial score (nSPS) is 26.4. The molecule has 28 heavy (non-hydrogen) atoms. The Kier molecular flexibility index (Phi) is 10.6. The Bertz CT molecular complexity index is 414. The Morgan fingerprint density at radius 1 is 0.750 bits per heavy atom. The van der Waals surface area contributed by atoms with Crippen LogP contribution in [-0.4, -0.2) is 20.0 Å². The fraction of sp³-hybridized carbons (Fsp3) is 1.00. The summed E-state index contributed by atoms with van der Waals surface area (Å²) in [4.78, 5) is 0. The van der Waals surface area contributed by atoms with Crippen LogP contribution in [0.4, 0.5) is 0 Å². The van der Waals surface area contributed by atoms with Gasteiger partial charge >= 0.3 is 0 Å². The van der Waals surface area contributed by atoms with Crippen molar-refractivity contribution in [3.63, 3.8) is 0 Å². The molecule has 2 heteroatoms. The zero-order valence-electron chi connectivity index (χ0n) is 20.0. The molecule has 0 aromatic rings. The average Bonchev–Trinajstić information content (AvgIpc) is 2.65. The number of hydrogen-bond donors (Lipinski definition) is 0. The first-order chi connectivity index (χ1) is 13.3. The molecular formula is C26H50S2. The highest BCUT2D eigenvalue weighted by atomic mass is 32.2. The zero-order valence-corrected chi connectivity index (χ0v) is 21.7. The van der Waals surface area contributed by atoms with Crippen LogP contribution in [0.5, 0.6) is 0 Å². The number of hydrogen-bond acceptors (Lipinski definition) is 2. The molecule has 2 rings (SSSR count). The monoisotopic (exact) mass is 426 g/mol. The lowest BCUT2D eigenvalue weighted by Gasteiger charge is -2.43. The van der Waals surface area contributed by atoms with Gasteiger partial charge in [0.2, 0.25) is 0 Å². The van der Waals surface area contributed by atoms with Crippen LogP contribution in [0.1, 0.15) is 131 Å². The molecule has 2 fully saturated rings. The second-order valence-corrected chi connectivity index (χ2v) is 14.7. The first-order valence-electron chi connectivity index (χ1n) is 12.6. The Morgan fingerprint density at radius 2 is 1.36 bits per heavy atom. The lowest BCUT2D eigenvalue weighted by Crippen LogP contribution is -2.36. The van der Waals surface area contributed by atoms with E-state index in [4.69, 9.17) is 0 Å². The van der Waals surface area contributed by atoms with Crippen LogP contribution in [-0.2, 0) is 0 Å². The predicted octanol–water partition coefficient (Wildman–Crippen LogP) is 9.51. The van der Waals surface area contributed by atoms with Crippen LogP contribution < -0.4 is 0 Å². The van der Waals surface area contributed by atoms with Crippen LogP contribution in [0.25, 0.3) is 0 Å². The standard InChI is InChI=1S/C26H50S2/c1-7-9-11-14-21(8-2)25(3,4)28-24-19-17-22(18-20-24)26(5,6)27-23-15-12-10-13-16-23/h21-24H,7-20H2,1-6H3. The second-order valence-electron chi connectivity index (χ2n) is 10.8. The van der Waals surface area contributed by atoms with Crippen molar-refractivity contribution in [2.75, 3.05) is 0 Å². The molecule has 1 unspecified atom stereocenters. The van der Waals surface area contributed by atoms with Gasteiger partial charge in [-0.2, -0.15) is 23.5 Å². The van der Waals surface area contributed by atoms with Gasteiger partial charge in [0, 0.05) is 20.0 Å². The molecular weight excluding hydrogens is 376 g/mol. The SMILES string of the molecule is CCCCCC(CC)C(C)(C)SC1CCC(C(C)(C)SC2CCCCC2)CC1. The van der Waals surface area contributed by atoms with E-state index in [1.54, 1.807) is 0 Å². The molecule has 0 amide bonds. The fourth-order valence-corrected chi connectivity index (χ4v) is 9.49. The minimum Gasteiger partial charge on any atom is -0.152 e. The highest BCUT2D eigenvalue weighted by Gasteiger charge is 2.38. The summed E-state index contributed by atoms with van der Waals surface area (Å²) in [5.41, 5.74) is 0. The molecule has 166 valence electrons. The maximum atomic E-state index is 2.56. The van der Waals surface area contributed by atoms with Gasteiger partial charge < -0.3 is 0 Å². The first-order valence-corrected chi connectivity index (χ1v) is 14.4. The van der Waals surface area contributed by atoms with E-state index in [1.165, 1.54) is 89.9 Å². The number of rotatable bonds is 11. The van der Waals surface area contributed by atoms with Crippen LogP contribution in [0.15, 0.2) is 0 Å². The molecule has 0 radical (unpaired) electrons. The second kappa shape index (κ2) is 11.9. The molecule has 0 bridgehead atoms. The molecule has 2 aliphatic carbocycles. The van der Waals surface area contributed by atoms with Crippen molar-refractivity contribution in [2.45, 2.75) is 151 Å². The summed E-state index contributed by atoms with van der Waals surface area (Å²) in [5, 5.41) is 1.85. The van der Waals surface area contributed by atoms with E-state index < -0.39 is 0 Å². The van der Waals surface area contributed by atoms with Crippen molar-refractivity contribution in [2.24, 2.45) is 11.8 Å². The van der Waals surface area contributed by atoms with Gasteiger partial charge in [-0.05, 0) is 56.8 Å². The number of thioether (sulfide) groups is 2. The minimum absolute atomic E-state index is 0.451. The van der Waals surface area contributed by atoms with Gasteiger partial charge in [0.15, 0.2) is 0 Å². The fourth-order valence-electron chi connectivity index (χ4n) is 5.79. The lowest BCUT2D eigenvalue weighted by atomic mass is 9.81. The van der Waals surface area contributed by atoms with Gasteiger partial charge in [-0.1, -0.05) is 86.5 Å². The highest BCUT2D eigenvalue weighted by molar-refractivity contribution is 8.01. The first kappa shape index (κ1) is 25.0. The molecule has 0 aromatic heterocycles. The van der Waals surface area contributed by atoms with Crippen LogP contribution in [0.3, 0.4) is 0 Å². The van der Waals surface area contributed by atoms with Crippen molar-refractivity contribution < 1.29 is 0 Å². The summed E-state index contributed by atoms with van der Waals surface area (Å²) in [6.07, 6.45) is 20.2. The van der Waals surface area contributed by atoms with Crippen LogP contribution in [0, 0.1) is 11.8 Å². The van der Waals surface area contributed by atoms with Crippen molar-refractivity contribution in [1.82, 2.24) is 0 Å². The molecule has 0 spiro atoms. The van der Waals surface area contributed by atoms with Crippen molar-refractivity contribution in [3.8, 4) is 0 Å². The maximum absolute atomic E-state index is 2.56. The summed E-state index contributed by atoms with van der Waals surface area (Å²) < 4.78 is 0.936. The molecule has 1 atom stereocenters. The van der Waals surface area contributed by atoms with Gasteiger partial charge in [0.05, 0.1) is 0 Å². The van der Waals surface area contributed by atoms with Crippen molar-refractivity contribution in [1.29, 1.82) is 0 Å². The van der Waals surface area contributed by atoms with Gasteiger partial charge in [0.1, 0.15) is 0 Å². The van der Waals surface area contributed by atoms with Crippen molar-refractivity contribution in [3.05, 3.63) is 0 Å². The Hall–Kier alpha value is 0.700. The van der Waals surface area contributed by atoms with Gasteiger partial charge in [-0.3, -0.25) is 0 Å². The minimum atomic E-state index is 0.451. The van der Waals surface area contributed by atoms with E-state index in [2.05, 4.69) is 65.1 Å². The van der Waals surface area contributed by atoms with Gasteiger partial charge in [0.25, 0.3) is 0 Å². The molecule has 2 aliphatic rings. The summed E-state index contributed by atoms with van der Waals surface area (Å²) in [5.74, 6) is 1.82. The lowest BCUT2D eigenvalue weighted by molar-refractivity contribution is 0.304. The third-order valence-corrected chi connectivity index (χ3v) is 11.3. The molecule has 2 saturated carbocycles. The largest absolute Gasteiger partial charge is 0.152 e. The molecule has 0 N–H and O–H groups in total. The van der Waals surface area contributed by atoms with E-state index in [-0.39, 0.29) is 0 Å². The summed E-state index contributed by atoms with van der Waals surface area (Å²) in [6, 6.07) is 0. The smallest absolute Gasteiger partial charge is 0.0134 e.